The molecule has 0 aliphatic heterocycles. The number of benzene rings is 2. The summed E-state index contributed by atoms with van der Waals surface area (Å²) in [6.45, 7) is 1.86. The lowest BCUT2D eigenvalue weighted by atomic mass is 10.1. The number of hydrogen-bond donors (Lipinski definition) is 0. The first-order chi connectivity index (χ1) is 10.1. The maximum absolute atomic E-state index is 13.5. The minimum absolute atomic E-state index is 0.0320. The van der Waals surface area contributed by atoms with Gasteiger partial charge in [0.05, 0.1) is 5.88 Å². The molecule has 4 heteroatoms. The van der Waals surface area contributed by atoms with Crippen LogP contribution in [0.2, 0.25) is 0 Å². The topological polar surface area (TPSA) is 9.23 Å². The predicted octanol–water partition coefficient (Wildman–Crippen LogP) is 4.44. The lowest BCUT2D eigenvalue weighted by Gasteiger charge is -2.09. The molecule has 108 valence electrons. The van der Waals surface area contributed by atoms with Crippen LogP contribution < -0.4 is 4.74 Å². The SMILES string of the molecule is Cc1cc(OCc2cc(F)ccc2F)ccc1C#CCCl. The molecule has 0 unspecified atom stereocenters. The van der Waals surface area contributed by atoms with Gasteiger partial charge in [0.15, 0.2) is 0 Å². The molecule has 0 saturated carbocycles. The van der Waals surface area contributed by atoms with Gasteiger partial charge < -0.3 is 4.74 Å². The molecule has 0 heterocycles. The highest BCUT2D eigenvalue weighted by atomic mass is 35.5. The van der Waals surface area contributed by atoms with E-state index >= 15 is 0 Å². The molecule has 2 rings (SSSR count). The normalized spacial score (nSPS) is 9.90. The van der Waals surface area contributed by atoms with Crippen LogP contribution in [-0.4, -0.2) is 5.88 Å². The number of hydrogen-bond acceptors (Lipinski definition) is 1. The van der Waals surface area contributed by atoms with Crippen LogP contribution in [0, 0.1) is 30.4 Å². The Labute approximate surface area is 127 Å². The summed E-state index contributed by atoms with van der Waals surface area (Å²) in [7, 11) is 0. The summed E-state index contributed by atoms with van der Waals surface area (Å²) in [4.78, 5) is 0. The largest absolute Gasteiger partial charge is 0.489 e. The Morgan fingerprint density at radius 3 is 2.67 bits per heavy atom. The standard InChI is InChI=1S/C17H13ClF2O/c1-12-9-16(6-4-13(12)3-2-8-18)21-11-14-10-15(19)5-7-17(14)20/h4-7,9-10H,8,11H2,1H3. The number of rotatable bonds is 3. The molecule has 2 aromatic carbocycles. The van der Waals surface area contributed by atoms with Gasteiger partial charge in [0.2, 0.25) is 0 Å². The number of aryl methyl sites for hydroxylation is 1. The second-order valence-electron chi connectivity index (χ2n) is 4.44. The van der Waals surface area contributed by atoms with Crippen LogP contribution in [0.1, 0.15) is 16.7 Å². The van der Waals surface area contributed by atoms with Crippen molar-refractivity contribution in [1.29, 1.82) is 0 Å². The second kappa shape index (κ2) is 7.10. The maximum atomic E-state index is 13.5. The summed E-state index contributed by atoms with van der Waals surface area (Å²) in [5, 5.41) is 0. The molecule has 1 nitrogen and oxygen atoms in total. The highest BCUT2D eigenvalue weighted by Crippen LogP contribution is 2.19. The highest BCUT2D eigenvalue weighted by Gasteiger charge is 2.05. The molecule has 0 aliphatic rings. The fraction of sp³-hybridized carbons (Fsp3) is 0.176. The van der Waals surface area contributed by atoms with Crippen LogP contribution in [0.4, 0.5) is 8.78 Å². The number of halogens is 3. The molecule has 0 bridgehead atoms. The first-order valence-electron chi connectivity index (χ1n) is 6.32. The van der Waals surface area contributed by atoms with Gasteiger partial charge in [-0.05, 0) is 48.9 Å². The van der Waals surface area contributed by atoms with Gasteiger partial charge in [-0.2, -0.15) is 0 Å². The van der Waals surface area contributed by atoms with E-state index in [1.54, 1.807) is 12.1 Å². The van der Waals surface area contributed by atoms with Crippen molar-refractivity contribution < 1.29 is 13.5 Å². The molecule has 0 aromatic heterocycles. The van der Waals surface area contributed by atoms with Gasteiger partial charge in [0.1, 0.15) is 24.0 Å². The second-order valence-corrected chi connectivity index (χ2v) is 4.70. The van der Waals surface area contributed by atoms with E-state index in [-0.39, 0.29) is 18.1 Å². The Morgan fingerprint density at radius 2 is 1.95 bits per heavy atom. The van der Waals surface area contributed by atoms with Gasteiger partial charge in [0.25, 0.3) is 0 Å². The van der Waals surface area contributed by atoms with E-state index in [1.807, 2.05) is 13.0 Å². The van der Waals surface area contributed by atoms with Crippen molar-refractivity contribution in [2.45, 2.75) is 13.5 Å². The molecule has 0 amide bonds. The van der Waals surface area contributed by atoms with E-state index in [0.29, 0.717) is 5.75 Å². The van der Waals surface area contributed by atoms with E-state index < -0.39 is 11.6 Å². The summed E-state index contributed by atoms with van der Waals surface area (Å²) in [6.07, 6.45) is 0. The van der Waals surface area contributed by atoms with E-state index in [4.69, 9.17) is 16.3 Å². The third-order valence-corrected chi connectivity index (χ3v) is 3.02. The Kier molecular flexibility index (Phi) is 5.19. The fourth-order valence-corrected chi connectivity index (χ4v) is 1.88. The Morgan fingerprint density at radius 1 is 1.14 bits per heavy atom. The first kappa shape index (κ1) is 15.3. The molecular weight excluding hydrogens is 294 g/mol. The van der Waals surface area contributed by atoms with Gasteiger partial charge in [-0.25, -0.2) is 8.78 Å². The Hall–Kier alpha value is -2.05. The smallest absolute Gasteiger partial charge is 0.130 e. The molecule has 0 fully saturated rings. The quantitative estimate of drug-likeness (QED) is 0.601. The molecule has 0 atom stereocenters. The Bertz CT molecular complexity index is 702. The summed E-state index contributed by atoms with van der Waals surface area (Å²) < 4.78 is 32.0. The molecule has 0 N–H and O–H groups in total. The Balaban J connectivity index is 2.10. The van der Waals surface area contributed by atoms with Gasteiger partial charge in [-0.15, -0.1) is 11.6 Å². The van der Waals surface area contributed by atoms with Crippen molar-refractivity contribution >= 4 is 11.6 Å². The van der Waals surface area contributed by atoms with Gasteiger partial charge in [0, 0.05) is 11.1 Å². The van der Waals surface area contributed by atoms with Crippen LogP contribution in [0.5, 0.6) is 5.75 Å². The van der Waals surface area contributed by atoms with Gasteiger partial charge in [-0.1, -0.05) is 11.8 Å². The van der Waals surface area contributed by atoms with Crippen molar-refractivity contribution in [2.24, 2.45) is 0 Å². The first-order valence-corrected chi connectivity index (χ1v) is 6.86. The fourth-order valence-electron chi connectivity index (χ4n) is 1.81. The van der Waals surface area contributed by atoms with Crippen molar-refractivity contribution in [3.8, 4) is 17.6 Å². The average molecular weight is 307 g/mol. The zero-order valence-corrected chi connectivity index (χ0v) is 12.2. The van der Waals surface area contributed by atoms with Gasteiger partial charge in [-0.3, -0.25) is 0 Å². The van der Waals surface area contributed by atoms with Crippen molar-refractivity contribution in [2.75, 3.05) is 5.88 Å². The van der Waals surface area contributed by atoms with Crippen LogP contribution in [0.15, 0.2) is 36.4 Å². The van der Waals surface area contributed by atoms with Crippen LogP contribution >= 0.6 is 11.6 Å². The summed E-state index contributed by atoms with van der Waals surface area (Å²) in [5.74, 6) is 5.59. The van der Waals surface area contributed by atoms with Crippen LogP contribution in [0.25, 0.3) is 0 Å². The average Bonchev–Trinajstić information content (AvgIpc) is 2.47. The third kappa shape index (κ3) is 4.21. The molecule has 0 spiro atoms. The predicted molar refractivity (Wildman–Crippen MR) is 79.5 cm³/mol. The van der Waals surface area contributed by atoms with E-state index in [1.165, 1.54) is 0 Å². The zero-order valence-electron chi connectivity index (χ0n) is 11.4. The summed E-state index contributed by atoms with van der Waals surface area (Å²) >= 11 is 5.52. The molecule has 0 saturated heterocycles. The monoisotopic (exact) mass is 306 g/mol. The molecule has 21 heavy (non-hydrogen) atoms. The van der Waals surface area contributed by atoms with Crippen LogP contribution in [0.3, 0.4) is 0 Å². The van der Waals surface area contributed by atoms with E-state index in [0.717, 1.165) is 29.3 Å². The van der Waals surface area contributed by atoms with Crippen LogP contribution in [-0.2, 0) is 6.61 Å². The minimum Gasteiger partial charge on any atom is -0.489 e. The maximum Gasteiger partial charge on any atom is 0.130 e. The summed E-state index contributed by atoms with van der Waals surface area (Å²) in [5.41, 5.74) is 1.98. The van der Waals surface area contributed by atoms with Crippen molar-refractivity contribution in [1.82, 2.24) is 0 Å². The third-order valence-electron chi connectivity index (χ3n) is 2.89. The van der Waals surface area contributed by atoms with E-state index in [2.05, 4.69) is 11.8 Å². The van der Waals surface area contributed by atoms with E-state index in [9.17, 15) is 8.78 Å². The molecular formula is C17H13ClF2O. The van der Waals surface area contributed by atoms with Crippen molar-refractivity contribution in [3.63, 3.8) is 0 Å². The van der Waals surface area contributed by atoms with Crippen molar-refractivity contribution in [3.05, 3.63) is 64.7 Å². The number of alkyl halides is 1. The molecule has 0 aliphatic carbocycles. The number of ether oxygens (including phenoxy) is 1. The molecule has 2 aromatic rings. The summed E-state index contributed by atoms with van der Waals surface area (Å²) in [6, 6.07) is 8.64. The zero-order chi connectivity index (χ0) is 15.2. The highest BCUT2D eigenvalue weighted by molar-refractivity contribution is 6.19. The van der Waals surface area contributed by atoms with Gasteiger partial charge >= 0.3 is 0 Å². The molecule has 0 radical (unpaired) electrons. The lowest BCUT2D eigenvalue weighted by Crippen LogP contribution is -1.99. The minimum atomic E-state index is -0.488. The lowest BCUT2D eigenvalue weighted by molar-refractivity contribution is 0.299.